The Morgan fingerprint density at radius 1 is 1.23 bits per heavy atom. The number of morpholine rings is 1. The zero-order valence-electron chi connectivity index (χ0n) is 18.0. The molecular weight excluding hydrogens is 392 g/mol. The van der Waals surface area contributed by atoms with Gasteiger partial charge in [0.1, 0.15) is 4.83 Å². The van der Waals surface area contributed by atoms with Crippen molar-refractivity contribution >= 4 is 27.5 Å². The fourth-order valence-corrected chi connectivity index (χ4v) is 6.30. The number of nitrogens with zero attached hydrogens (tertiary/aromatic N) is 2. The lowest BCUT2D eigenvalue weighted by atomic mass is 9.85. The summed E-state index contributed by atoms with van der Waals surface area (Å²) in [7, 11) is 0. The van der Waals surface area contributed by atoms with Gasteiger partial charge in [0.15, 0.2) is 0 Å². The highest BCUT2D eigenvalue weighted by Crippen LogP contribution is 2.44. The number of amides is 1. The maximum atomic E-state index is 13.7. The van der Waals surface area contributed by atoms with E-state index in [1.165, 1.54) is 27.8 Å². The van der Waals surface area contributed by atoms with Crippen LogP contribution in [0.3, 0.4) is 0 Å². The van der Waals surface area contributed by atoms with Crippen molar-refractivity contribution in [1.29, 1.82) is 0 Å². The summed E-state index contributed by atoms with van der Waals surface area (Å²) in [6.45, 7) is 8.93. The molecule has 0 bridgehead atoms. The molecule has 1 aromatic carbocycles. The first-order valence-corrected chi connectivity index (χ1v) is 11.7. The van der Waals surface area contributed by atoms with Gasteiger partial charge in [0.05, 0.1) is 24.5 Å². The van der Waals surface area contributed by atoms with Crippen LogP contribution in [0.5, 0.6) is 0 Å². The zero-order valence-corrected chi connectivity index (χ0v) is 18.8. The molecule has 5 rings (SSSR count). The molecule has 0 spiro atoms. The maximum absolute atomic E-state index is 13.7. The molecule has 1 atom stereocenters. The molecule has 1 fully saturated rings. The van der Waals surface area contributed by atoms with E-state index in [1.54, 1.807) is 0 Å². The largest absolute Gasteiger partial charge is 0.378 e. The van der Waals surface area contributed by atoms with Crippen molar-refractivity contribution in [2.45, 2.75) is 40.0 Å². The number of carbonyl (C=O) groups is 1. The predicted octanol–water partition coefficient (Wildman–Crippen LogP) is 5.18. The SMILES string of the molecule is Cc1cccc(-c2c(C(=O)N3CCOCC3)c(C)nc3sc4c(c23)CC[C@H](C)C4)c1. The second-order valence-corrected chi connectivity index (χ2v) is 9.84. The van der Waals surface area contributed by atoms with Crippen LogP contribution in [0.25, 0.3) is 21.3 Å². The van der Waals surface area contributed by atoms with Crippen LogP contribution in [-0.2, 0) is 17.6 Å². The Balaban J connectivity index is 1.79. The third kappa shape index (κ3) is 3.34. The Morgan fingerprint density at radius 3 is 2.80 bits per heavy atom. The zero-order chi connectivity index (χ0) is 20.8. The topological polar surface area (TPSA) is 42.4 Å². The smallest absolute Gasteiger partial charge is 0.256 e. The van der Waals surface area contributed by atoms with Crippen LogP contribution >= 0.6 is 11.3 Å². The lowest BCUT2D eigenvalue weighted by Crippen LogP contribution is -2.41. The lowest BCUT2D eigenvalue weighted by Gasteiger charge is -2.28. The maximum Gasteiger partial charge on any atom is 0.256 e. The van der Waals surface area contributed by atoms with E-state index < -0.39 is 0 Å². The molecule has 2 aromatic heterocycles. The average molecular weight is 421 g/mol. The van der Waals surface area contributed by atoms with E-state index in [9.17, 15) is 4.79 Å². The molecule has 1 aliphatic heterocycles. The number of thiophene rings is 1. The lowest BCUT2D eigenvalue weighted by molar-refractivity contribution is 0.0302. The molecule has 1 amide bonds. The minimum atomic E-state index is 0.0887. The molecular formula is C25H28N2O2S. The van der Waals surface area contributed by atoms with Gasteiger partial charge in [0.25, 0.3) is 5.91 Å². The first kappa shape index (κ1) is 19.7. The van der Waals surface area contributed by atoms with Gasteiger partial charge in [-0.1, -0.05) is 36.8 Å². The molecule has 30 heavy (non-hydrogen) atoms. The molecule has 0 saturated carbocycles. The molecule has 156 valence electrons. The summed E-state index contributed by atoms with van der Waals surface area (Å²) in [5.41, 5.74) is 6.45. The fraction of sp³-hybridized carbons (Fsp3) is 0.440. The molecule has 2 aliphatic rings. The molecule has 1 saturated heterocycles. The number of hydrogen-bond donors (Lipinski definition) is 0. The van der Waals surface area contributed by atoms with Gasteiger partial charge < -0.3 is 9.64 Å². The standard InChI is InChI=1S/C25H28N2O2S/c1-15-5-4-6-18(13-15)22-21(25(28)27-9-11-29-12-10-27)17(3)26-24-23(22)19-8-7-16(2)14-20(19)30-24/h4-6,13,16H,7-12,14H2,1-3H3/t16-/m0/s1. The van der Waals surface area contributed by atoms with Gasteiger partial charge in [0, 0.05) is 28.9 Å². The van der Waals surface area contributed by atoms with Crippen LogP contribution in [0.15, 0.2) is 24.3 Å². The van der Waals surface area contributed by atoms with Crippen molar-refractivity contribution in [3.8, 4) is 11.1 Å². The van der Waals surface area contributed by atoms with Crippen molar-refractivity contribution in [3.63, 3.8) is 0 Å². The number of carbonyl (C=O) groups excluding carboxylic acids is 1. The predicted molar refractivity (Wildman–Crippen MR) is 122 cm³/mol. The number of benzene rings is 1. The highest BCUT2D eigenvalue weighted by atomic mass is 32.1. The third-order valence-corrected chi connectivity index (χ3v) is 7.59. The Labute approximate surface area is 181 Å². The summed E-state index contributed by atoms with van der Waals surface area (Å²) in [5, 5.41) is 1.22. The van der Waals surface area contributed by atoms with Gasteiger partial charge in [0.2, 0.25) is 0 Å². The van der Waals surface area contributed by atoms with Gasteiger partial charge in [-0.05, 0) is 50.2 Å². The van der Waals surface area contributed by atoms with Crippen LogP contribution in [0, 0.1) is 19.8 Å². The summed E-state index contributed by atoms with van der Waals surface area (Å²) < 4.78 is 5.48. The molecule has 0 unspecified atom stereocenters. The van der Waals surface area contributed by atoms with Crippen LogP contribution in [0.1, 0.15) is 45.4 Å². The van der Waals surface area contributed by atoms with Gasteiger partial charge in [-0.2, -0.15) is 0 Å². The van der Waals surface area contributed by atoms with Gasteiger partial charge >= 0.3 is 0 Å². The minimum Gasteiger partial charge on any atom is -0.378 e. The monoisotopic (exact) mass is 420 g/mol. The van der Waals surface area contributed by atoms with E-state index in [0.29, 0.717) is 32.2 Å². The van der Waals surface area contributed by atoms with E-state index in [0.717, 1.165) is 40.1 Å². The quantitative estimate of drug-likeness (QED) is 0.574. The summed E-state index contributed by atoms with van der Waals surface area (Å²) in [5.74, 6) is 0.800. The number of aryl methyl sites for hydroxylation is 3. The Hall–Kier alpha value is -2.24. The molecule has 3 heterocycles. The highest BCUT2D eigenvalue weighted by molar-refractivity contribution is 7.19. The molecule has 4 nitrogen and oxygen atoms in total. The fourth-order valence-electron chi connectivity index (χ4n) is 4.86. The first-order chi connectivity index (χ1) is 14.5. The van der Waals surface area contributed by atoms with E-state index in [1.807, 2.05) is 23.2 Å². The number of aromatic nitrogens is 1. The van der Waals surface area contributed by atoms with E-state index in [2.05, 4.69) is 38.1 Å². The van der Waals surface area contributed by atoms with E-state index in [4.69, 9.17) is 9.72 Å². The summed E-state index contributed by atoms with van der Waals surface area (Å²) >= 11 is 1.83. The minimum absolute atomic E-state index is 0.0887. The Morgan fingerprint density at radius 2 is 2.03 bits per heavy atom. The molecule has 1 aliphatic carbocycles. The van der Waals surface area contributed by atoms with Gasteiger partial charge in [-0.15, -0.1) is 11.3 Å². The Bertz CT molecular complexity index is 1130. The van der Waals surface area contributed by atoms with Gasteiger partial charge in [-0.25, -0.2) is 4.98 Å². The molecule has 0 radical (unpaired) electrons. The third-order valence-electron chi connectivity index (χ3n) is 6.44. The number of fused-ring (bicyclic) bond motifs is 3. The summed E-state index contributed by atoms with van der Waals surface area (Å²) in [4.78, 5) is 23.2. The van der Waals surface area contributed by atoms with E-state index in [-0.39, 0.29) is 5.91 Å². The van der Waals surface area contributed by atoms with Crippen LogP contribution < -0.4 is 0 Å². The number of ether oxygens (including phenoxy) is 1. The van der Waals surface area contributed by atoms with E-state index >= 15 is 0 Å². The molecule has 3 aromatic rings. The van der Waals surface area contributed by atoms with Crippen molar-refractivity contribution in [3.05, 3.63) is 51.5 Å². The van der Waals surface area contributed by atoms with Crippen molar-refractivity contribution in [2.75, 3.05) is 26.3 Å². The van der Waals surface area contributed by atoms with Crippen LogP contribution in [-0.4, -0.2) is 42.1 Å². The van der Waals surface area contributed by atoms with Crippen molar-refractivity contribution < 1.29 is 9.53 Å². The van der Waals surface area contributed by atoms with Gasteiger partial charge in [-0.3, -0.25) is 4.79 Å². The Kier molecular flexibility index (Phi) is 5.11. The van der Waals surface area contributed by atoms with Crippen LogP contribution in [0.4, 0.5) is 0 Å². The first-order valence-electron chi connectivity index (χ1n) is 10.9. The second kappa shape index (κ2) is 7.78. The van der Waals surface area contributed by atoms with Crippen molar-refractivity contribution in [1.82, 2.24) is 9.88 Å². The summed E-state index contributed by atoms with van der Waals surface area (Å²) in [6, 6.07) is 8.56. The molecule has 0 N–H and O–H groups in total. The van der Waals surface area contributed by atoms with Crippen molar-refractivity contribution in [2.24, 2.45) is 5.92 Å². The number of hydrogen-bond acceptors (Lipinski definition) is 4. The van der Waals surface area contributed by atoms with Crippen LogP contribution in [0.2, 0.25) is 0 Å². The number of pyridine rings is 1. The second-order valence-electron chi connectivity index (χ2n) is 8.75. The highest BCUT2D eigenvalue weighted by Gasteiger charge is 2.30. The summed E-state index contributed by atoms with van der Waals surface area (Å²) in [6.07, 6.45) is 3.40. The normalized spacial score (nSPS) is 19.2. The average Bonchev–Trinajstić information content (AvgIpc) is 3.09. The number of rotatable bonds is 2. The molecule has 5 heteroatoms.